The number of unbranched alkanes of at least 4 members (excludes halogenated alkanes) is 2. The third-order valence-corrected chi connectivity index (χ3v) is 2.70. The number of ether oxygens (including phenoxy) is 1. The molecule has 23 heavy (non-hydrogen) atoms. The Morgan fingerprint density at radius 2 is 2.00 bits per heavy atom. The molecule has 0 fully saturated rings. The van der Waals surface area contributed by atoms with Gasteiger partial charge in [0, 0.05) is 19.2 Å². The number of aromatic amines is 1. The molecule has 0 saturated carbocycles. The molecule has 8 heteroatoms. The summed E-state index contributed by atoms with van der Waals surface area (Å²) in [5.41, 5.74) is -1.01. The van der Waals surface area contributed by atoms with Crippen LogP contribution in [0.2, 0.25) is 0 Å². The Morgan fingerprint density at radius 1 is 1.26 bits per heavy atom. The first kappa shape index (κ1) is 18.7. The molecule has 0 radical (unpaired) electrons. The molecule has 3 N–H and O–H groups in total. The summed E-state index contributed by atoms with van der Waals surface area (Å²) >= 11 is 0. The maximum Gasteiger partial charge on any atom is 0.407 e. The number of alkyl carbamates (subject to hydrolysis) is 1. The van der Waals surface area contributed by atoms with Gasteiger partial charge in [0.1, 0.15) is 11.4 Å². The number of anilines is 1. The fourth-order valence-corrected chi connectivity index (χ4v) is 1.75. The fraction of sp³-hybridized carbons (Fsp3) is 0.600. The predicted molar refractivity (Wildman–Crippen MR) is 86.2 cm³/mol. The van der Waals surface area contributed by atoms with E-state index in [-0.39, 0.29) is 5.91 Å². The predicted octanol–water partition coefficient (Wildman–Crippen LogP) is 1.79. The van der Waals surface area contributed by atoms with E-state index in [4.69, 9.17) is 4.74 Å². The first-order chi connectivity index (χ1) is 10.8. The van der Waals surface area contributed by atoms with Gasteiger partial charge in [0.15, 0.2) is 0 Å². The van der Waals surface area contributed by atoms with E-state index in [9.17, 15) is 14.4 Å². The van der Waals surface area contributed by atoms with Crippen LogP contribution in [0.1, 0.15) is 46.5 Å². The van der Waals surface area contributed by atoms with Gasteiger partial charge in [-0.15, -0.1) is 0 Å². The Labute approximate surface area is 135 Å². The van der Waals surface area contributed by atoms with Crippen molar-refractivity contribution in [2.45, 2.75) is 52.1 Å². The zero-order chi connectivity index (χ0) is 17.3. The molecule has 0 aromatic carbocycles. The van der Waals surface area contributed by atoms with E-state index >= 15 is 0 Å². The van der Waals surface area contributed by atoms with Crippen LogP contribution >= 0.6 is 0 Å². The Balaban J connectivity index is 2.10. The molecule has 0 spiro atoms. The van der Waals surface area contributed by atoms with Gasteiger partial charge in [-0.25, -0.2) is 14.6 Å². The molecule has 0 saturated heterocycles. The molecule has 0 bridgehead atoms. The molecular formula is C15H24N4O4. The van der Waals surface area contributed by atoms with Gasteiger partial charge >= 0.3 is 11.8 Å². The number of hydrogen-bond acceptors (Lipinski definition) is 5. The van der Waals surface area contributed by atoms with E-state index < -0.39 is 17.4 Å². The van der Waals surface area contributed by atoms with Crippen molar-refractivity contribution >= 4 is 17.8 Å². The van der Waals surface area contributed by atoms with E-state index in [1.807, 2.05) is 0 Å². The van der Waals surface area contributed by atoms with Crippen LogP contribution in [0.4, 0.5) is 10.6 Å². The van der Waals surface area contributed by atoms with Crippen molar-refractivity contribution in [2.75, 3.05) is 11.9 Å². The number of amides is 2. The molecule has 1 aromatic heterocycles. The number of carbonyl (C=O) groups is 2. The number of carbonyl (C=O) groups excluding carboxylic acids is 2. The van der Waals surface area contributed by atoms with Gasteiger partial charge in [0.25, 0.3) is 0 Å². The van der Waals surface area contributed by atoms with Gasteiger partial charge in [-0.05, 0) is 39.7 Å². The Morgan fingerprint density at radius 3 is 2.65 bits per heavy atom. The normalized spacial score (nSPS) is 10.9. The SMILES string of the molecule is CC(C)(C)OC(=O)NCCCCCC(=O)Nc1ccnc(=O)[nH]1. The molecule has 0 unspecified atom stereocenters. The van der Waals surface area contributed by atoms with Crippen LogP contribution in [0.15, 0.2) is 17.1 Å². The highest BCUT2D eigenvalue weighted by Crippen LogP contribution is 2.07. The summed E-state index contributed by atoms with van der Waals surface area (Å²) < 4.78 is 5.11. The lowest BCUT2D eigenvalue weighted by Gasteiger charge is -2.19. The van der Waals surface area contributed by atoms with Crippen LogP contribution in [0.5, 0.6) is 0 Å². The molecule has 0 aliphatic rings. The minimum absolute atomic E-state index is 0.174. The number of nitrogens with one attached hydrogen (secondary N) is 3. The van der Waals surface area contributed by atoms with Crippen LogP contribution in [0.25, 0.3) is 0 Å². The maximum atomic E-state index is 11.7. The molecular weight excluding hydrogens is 300 g/mol. The van der Waals surface area contributed by atoms with E-state index in [1.165, 1.54) is 12.3 Å². The molecule has 1 rings (SSSR count). The minimum Gasteiger partial charge on any atom is -0.444 e. The molecule has 128 valence electrons. The lowest BCUT2D eigenvalue weighted by Crippen LogP contribution is -2.33. The molecule has 1 heterocycles. The van der Waals surface area contributed by atoms with E-state index in [1.54, 1.807) is 20.8 Å². The Hall–Kier alpha value is -2.38. The topological polar surface area (TPSA) is 113 Å². The lowest BCUT2D eigenvalue weighted by atomic mass is 10.2. The van der Waals surface area contributed by atoms with Crippen molar-refractivity contribution in [3.8, 4) is 0 Å². The summed E-state index contributed by atoms with van der Waals surface area (Å²) in [6, 6.07) is 1.52. The molecule has 2 amide bonds. The second-order valence-corrected chi connectivity index (χ2v) is 6.08. The minimum atomic E-state index is -0.504. The zero-order valence-corrected chi connectivity index (χ0v) is 13.8. The smallest absolute Gasteiger partial charge is 0.407 e. The van der Waals surface area contributed by atoms with Gasteiger partial charge < -0.3 is 15.4 Å². The highest BCUT2D eigenvalue weighted by molar-refractivity contribution is 5.89. The van der Waals surface area contributed by atoms with Gasteiger partial charge in [-0.3, -0.25) is 9.78 Å². The largest absolute Gasteiger partial charge is 0.444 e. The number of aromatic nitrogens is 2. The number of rotatable bonds is 7. The van der Waals surface area contributed by atoms with Gasteiger partial charge in [-0.2, -0.15) is 0 Å². The summed E-state index contributed by atoms with van der Waals surface area (Å²) in [5.74, 6) is 0.161. The second kappa shape index (κ2) is 8.92. The van der Waals surface area contributed by atoms with E-state index in [2.05, 4.69) is 20.6 Å². The Bertz CT molecular complexity index is 577. The molecule has 0 aliphatic carbocycles. The second-order valence-electron chi connectivity index (χ2n) is 6.08. The van der Waals surface area contributed by atoms with Gasteiger partial charge in [-0.1, -0.05) is 6.42 Å². The van der Waals surface area contributed by atoms with E-state index in [0.29, 0.717) is 25.2 Å². The standard InChI is InChI=1S/C15H24N4O4/c1-15(2,3)23-14(22)17-9-6-4-5-7-12(20)18-11-8-10-16-13(21)19-11/h8,10H,4-7,9H2,1-3H3,(H,17,22)(H2,16,18,19,20,21). The van der Waals surface area contributed by atoms with E-state index in [0.717, 1.165) is 12.8 Å². The Kier molecular flexibility index (Phi) is 7.24. The first-order valence-corrected chi connectivity index (χ1v) is 7.58. The number of H-pyrrole nitrogens is 1. The fourth-order valence-electron chi connectivity index (χ4n) is 1.75. The van der Waals surface area contributed by atoms with Crippen molar-refractivity contribution in [1.82, 2.24) is 15.3 Å². The lowest BCUT2D eigenvalue weighted by molar-refractivity contribution is -0.116. The van der Waals surface area contributed by atoms with Crippen molar-refractivity contribution in [3.05, 3.63) is 22.7 Å². The molecule has 8 nitrogen and oxygen atoms in total. The highest BCUT2D eigenvalue weighted by Gasteiger charge is 2.15. The van der Waals surface area contributed by atoms with Crippen LogP contribution in [0, 0.1) is 0 Å². The summed E-state index contributed by atoms with van der Waals surface area (Å²) in [6.45, 7) is 5.93. The number of nitrogens with zero attached hydrogens (tertiary/aromatic N) is 1. The van der Waals surface area contributed by atoms with Crippen molar-refractivity contribution < 1.29 is 14.3 Å². The first-order valence-electron chi connectivity index (χ1n) is 7.58. The van der Waals surface area contributed by atoms with Gasteiger partial charge in [0.2, 0.25) is 5.91 Å². The van der Waals surface area contributed by atoms with Crippen molar-refractivity contribution in [3.63, 3.8) is 0 Å². The third kappa shape index (κ3) is 9.28. The summed E-state index contributed by atoms with van der Waals surface area (Å²) in [6.07, 6.45) is 3.50. The van der Waals surface area contributed by atoms with Crippen molar-refractivity contribution in [2.24, 2.45) is 0 Å². The zero-order valence-electron chi connectivity index (χ0n) is 13.8. The number of hydrogen-bond donors (Lipinski definition) is 3. The average Bonchev–Trinajstić information content (AvgIpc) is 2.40. The average molecular weight is 324 g/mol. The summed E-state index contributed by atoms with van der Waals surface area (Å²) in [5, 5.41) is 5.26. The van der Waals surface area contributed by atoms with Crippen molar-refractivity contribution in [1.29, 1.82) is 0 Å². The summed E-state index contributed by atoms with van der Waals surface area (Å²) in [7, 11) is 0. The molecule has 0 aliphatic heterocycles. The molecule has 1 aromatic rings. The highest BCUT2D eigenvalue weighted by atomic mass is 16.6. The van der Waals surface area contributed by atoms with Gasteiger partial charge in [0.05, 0.1) is 0 Å². The monoisotopic (exact) mass is 324 g/mol. The van der Waals surface area contributed by atoms with Crippen LogP contribution in [0.3, 0.4) is 0 Å². The van der Waals surface area contributed by atoms with Crippen LogP contribution in [-0.2, 0) is 9.53 Å². The van der Waals surface area contributed by atoms with Crippen LogP contribution < -0.4 is 16.3 Å². The maximum absolute atomic E-state index is 11.7. The summed E-state index contributed by atoms with van der Waals surface area (Å²) in [4.78, 5) is 40.0. The quantitative estimate of drug-likeness (QED) is 0.662. The molecule has 0 atom stereocenters. The third-order valence-electron chi connectivity index (χ3n) is 2.70. The van der Waals surface area contributed by atoms with Crippen LogP contribution in [-0.4, -0.2) is 34.1 Å².